The van der Waals surface area contributed by atoms with E-state index in [9.17, 15) is 4.79 Å². The molecule has 0 spiro atoms. The van der Waals surface area contributed by atoms with Gasteiger partial charge in [0.1, 0.15) is 10.8 Å². The zero-order chi connectivity index (χ0) is 20.1. The Hall–Kier alpha value is -3.38. The number of aromatic nitrogens is 2. The maximum atomic E-state index is 12.4. The molecule has 0 aliphatic carbocycles. The van der Waals surface area contributed by atoms with Crippen LogP contribution >= 0.6 is 11.8 Å². The van der Waals surface area contributed by atoms with Crippen molar-refractivity contribution in [2.45, 2.75) is 5.03 Å². The Labute approximate surface area is 173 Å². The minimum absolute atomic E-state index is 0.0765. The summed E-state index contributed by atoms with van der Waals surface area (Å²) in [5.41, 5.74) is 2.55. The van der Waals surface area contributed by atoms with Gasteiger partial charge in [0, 0.05) is 16.6 Å². The Morgan fingerprint density at radius 1 is 0.931 bits per heavy atom. The van der Waals surface area contributed by atoms with E-state index in [0.29, 0.717) is 5.03 Å². The number of methoxy groups -OCH3 is 1. The first kappa shape index (κ1) is 19.0. The van der Waals surface area contributed by atoms with E-state index in [2.05, 4.69) is 15.5 Å². The third kappa shape index (κ3) is 4.55. The molecule has 0 atom stereocenters. The summed E-state index contributed by atoms with van der Waals surface area (Å²) in [6, 6.07) is 25.3. The molecule has 1 amide bonds. The third-order valence-electron chi connectivity index (χ3n) is 4.44. The highest BCUT2D eigenvalue weighted by atomic mass is 32.2. The van der Waals surface area contributed by atoms with Crippen LogP contribution in [0.3, 0.4) is 0 Å². The molecule has 4 rings (SSSR count). The second-order valence-electron chi connectivity index (χ2n) is 6.35. The fourth-order valence-electron chi connectivity index (χ4n) is 2.97. The second-order valence-corrected chi connectivity index (χ2v) is 7.34. The summed E-state index contributed by atoms with van der Waals surface area (Å²) in [5.74, 6) is 0.984. The van der Waals surface area contributed by atoms with Gasteiger partial charge in [0.05, 0.1) is 18.6 Å². The molecule has 144 valence electrons. The summed E-state index contributed by atoms with van der Waals surface area (Å²) in [5, 5.41) is 14.3. The van der Waals surface area contributed by atoms with E-state index in [1.165, 1.54) is 11.8 Å². The van der Waals surface area contributed by atoms with Crippen LogP contribution in [0.2, 0.25) is 0 Å². The van der Waals surface area contributed by atoms with Crippen LogP contribution in [-0.4, -0.2) is 29.0 Å². The van der Waals surface area contributed by atoms with Crippen molar-refractivity contribution in [1.29, 1.82) is 0 Å². The van der Waals surface area contributed by atoms with Crippen molar-refractivity contribution in [3.05, 3.63) is 78.9 Å². The van der Waals surface area contributed by atoms with Crippen molar-refractivity contribution in [2.75, 3.05) is 18.2 Å². The Bertz CT molecular complexity index is 1120. The van der Waals surface area contributed by atoms with Crippen LogP contribution in [0.5, 0.6) is 5.75 Å². The Balaban J connectivity index is 1.37. The standard InChI is InChI=1S/C23H19N3O2S/c1-28-18-11-9-17(10-12-18)20-13-14-23(26-25-20)29-15-22(27)24-21-8-4-6-16-5-2-3-7-19(16)21/h2-14H,15H2,1H3,(H,24,27). The van der Waals surface area contributed by atoms with E-state index in [1.54, 1.807) is 7.11 Å². The molecular weight excluding hydrogens is 382 g/mol. The average molecular weight is 401 g/mol. The van der Waals surface area contributed by atoms with Gasteiger partial charge in [-0.1, -0.05) is 48.2 Å². The van der Waals surface area contributed by atoms with Gasteiger partial charge < -0.3 is 10.1 Å². The molecule has 0 aliphatic rings. The Morgan fingerprint density at radius 3 is 2.48 bits per heavy atom. The summed E-state index contributed by atoms with van der Waals surface area (Å²) < 4.78 is 5.17. The lowest BCUT2D eigenvalue weighted by Crippen LogP contribution is -2.14. The first-order chi connectivity index (χ1) is 14.2. The smallest absolute Gasteiger partial charge is 0.234 e. The van der Waals surface area contributed by atoms with Gasteiger partial charge in [-0.2, -0.15) is 0 Å². The van der Waals surface area contributed by atoms with Gasteiger partial charge in [-0.05, 0) is 47.9 Å². The van der Waals surface area contributed by atoms with E-state index in [1.807, 2.05) is 78.9 Å². The van der Waals surface area contributed by atoms with Crippen molar-refractivity contribution in [1.82, 2.24) is 10.2 Å². The summed E-state index contributed by atoms with van der Waals surface area (Å²) in [7, 11) is 1.64. The van der Waals surface area contributed by atoms with Crippen molar-refractivity contribution in [2.24, 2.45) is 0 Å². The van der Waals surface area contributed by atoms with E-state index >= 15 is 0 Å². The molecule has 0 bridgehead atoms. The van der Waals surface area contributed by atoms with Crippen molar-refractivity contribution in [3.63, 3.8) is 0 Å². The molecule has 0 radical (unpaired) electrons. The molecule has 4 aromatic rings. The van der Waals surface area contributed by atoms with Gasteiger partial charge in [-0.3, -0.25) is 4.79 Å². The van der Waals surface area contributed by atoms with Gasteiger partial charge in [0.2, 0.25) is 5.91 Å². The molecule has 1 aromatic heterocycles. The number of amides is 1. The van der Waals surface area contributed by atoms with Crippen molar-refractivity contribution >= 4 is 34.1 Å². The monoisotopic (exact) mass is 401 g/mol. The number of ether oxygens (including phenoxy) is 1. The number of nitrogens with one attached hydrogen (secondary N) is 1. The molecule has 0 saturated carbocycles. The van der Waals surface area contributed by atoms with Gasteiger partial charge in [0.25, 0.3) is 0 Å². The number of carbonyl (C=O) groups is 1. The minimum Gasteiger partial charge on any atom is -0.497 e. The normalized spacial score (nSPS) is 10.7. The van der Waals surface area contributed by atoms with Crippen molar-refractivity contribution < 1.29 is 9.53 Å². The third-order valence-corrected chi connectivity index (χ3v) is 5.36. The molecule has 0 aliphatic heterocycles. The van der Waals surface area contributed by atoms with Gasteiger partial charge in [-0.15, -0.1) is 10.2 Å². The predicted octanol–water partition coefficient (Wildman–Crippen LogP) is 5.04. The number of rotatable bonds is 6. The molecule has 1 N–H and O–H groups in total. The molecule has 0 fully saturated rings. The molecule has 3 aromatic carbocycles. The SMILES string of the molecule is COc1ccc(-c2ccc(SCC(=O)Nc3cccc4ccccc34)nn2)cc1. The summed E-state index contributed by atoms with van der Waals surface area (Å²) in [4.78, 5) is 12.4. The Morgan fingerprint density at radius 2 is 1.72 bits per heavy atom. The number of hydrogen-bond donors (Lipinski definition) is 1. The van der Waals surface area contributed by atoms with Crippen LogP contribution in [0.25, 0.3) is 22.0 Å². The number of fused-ring (bicyclic) bond motifs is 1. The highest BCUT2D eigenvalue weighted by Crippen LogP contribution is 2.24. The zero-order valence-corrected chi connectivity index (χ0v) is 16.6. The Kier molecular flexibility index (Phi) is 5.72. The molecule has 0 unspecified atom stereocenters. The predicted molar refractivity (Wildman–Crippen MR) is 117 cm³/mol. The number of carbonyl (C=O) groups excluding carboxylic acids is 1. The van der Waals surface area contributed by atoms with Gasteiger partial charge >= 0.3 is 0 Å². The van der Waals surface area contributed by atoms with Crippen LogP contribution in [-0.2, 0) is 4.79 Å². The molecule has 0 saturated heterocycles. The first-order valence-corrected chi connectivity index (χ1v) is 10.1. The van der Waals surface area contributed by atoms with Crippen molar-refractivity contribution in [3.8, 4) is 17.0 Å². The molecular formula is C23H19N3O2S. The van der Waals surface area contributed by atoms with E-state index in [4.69, 9.17) is 4.74 Å². The fraction of sp³-hybridized carbons (Fsp3) is 0.0870. The molecule has 5 nitrogen and oxygen atoms in total. The maximum Gasteiger partial charge on any atom is 0.234 e. The number of anilines is 1. The van der Waals surface area contributed by atoms with Crippen LogP contribution in [0.1, 0.15) is 0 Å². The van der Waals surface area contributed by atoms with E-state index in [0.717, 1.165) is 33.5 Å². The lowest BCUT2D eigenvalue weighted by molar-refractivity contribution is -0.113. The fourth-order valence-corrected chi connectivity index (χ4v) is 3.59. The number of hydrogen-bond acceptors (Lipinski definition) is 5. The topological polar surface area (TPSA) is 64.1 Å². The van der Waals surface area contributed by atoms with Crippen LogP contribution in [0.15, 0.2) is 83.9 Å². The highest BCUT2D eigenvalue weighted by Gasteiger charge is 2.08. The average Bonchev–Trinajstić information content (AvgIpc) is 2.78. The van der Waals surface area contributed by atoms with Crippen LogP contribution < -0.4 is 10.1 Å². The van der Waals surface area contributed by atoms with Crippen LogP contribution in [0.4, 0.5) is 5.69 Å². The van der Waals surface area contributed by atoms with Crippen LogP contribution in [0, 0.1) is 0 Å². The van der Waals surface area contributed by atoms with E-state index < -0.39 is 0 Å². The number of benzene rings is 3. The lowest BCUT2D eigenvalue weighted by Gasteiger charge is -2.08. The lowest BCUT2D eigenvalue weighted by atomic mass is 10.1. The number of thioether (sulfide) groups is 1. The minimum atomic E-state index is -0.0765. The largest absolute Gasteiger partial charge is 0.497 e. The highest BCUT2D eigenvalue weighted by molar-refractivity contribution is 7.99. The van der Waals surface area contributed by atoms with Gasteiger partial charge in [0.15, 0.2) is 0 Å². The maximum absolute atomic E-state index is 12.4. The van der Waals surface area contributed by atoms with Gasteiger partial charge in [-0.25, -0.2) is 0 Å². The number of nitrogens with zero attached hydrogens (tertiary/aromatic N) is 2. The molecule has 1 heterocycles. The summed E-state index contributed by atoms with van der Waals surface area (Å²) in [6.07, 6.45) is 0. The second kappa shape index (κ2) is 8.75. The quantitative estimate of drug-likeness (QED) is 0.459. The summed E-state index contributed by atoms with van der Waals surface area (Å²) in [6.45, 7) is 0. The zero-order valence-electron chi connectivity index (χ0n) is 15.8. The molecule has 6 heteroatoms. The first-order valence-electron chi connectivity index (χ1n) is 9.11. The molecule has 29 heavy (non-hydrogen) atoms. The van der Waals surface area contributed by atoms with E-state index in [-0.39, 0.29) is 11.7 Å². The summed E-state index contributed by atoms with van der Waals surface area (Å²) >= 11 is 1.36.